The summed E-state index contributed by atoms with van der Waals surface area (Å²) in [5.74, 6) is -0.450. The van der Waals surface area contributed by atoms with E-state index in [0.29, 0.717) is 54.3 Å². The van der Waals surface area contributed by atoms with E-state index in [1.54, 1.807) is 36.9 Å². The van der Waals surface area contributed by atoms with Crippen molar-refractivity contribution in [1.29, 1.82) is 0 Å². The Morgan fingerprint density at radius 2 is 1.79 bits per heavy atom. The average molecular weight is 585 g/mol. The van der Waals surface area contributed by atoms with Gasteiger partial charge in [0.2, 0.25) is 5.95 Å². The average Bonchev–Trinajstić information content (AvgIpc) is 3.29. The van der Waals surface area contributed by atoms with Crippen molar-refractivity contribution in [1.82, 2.24) is 34.7 Å². The molecule has 0 unspecified atom stereocenters. The normalized spacial score (nSPS) is 14.4. The van der Waals surface area contributed by atoms with E-state index in [1.165, 1.54) is 6.07 Å². The van der Waals surface area contributed by atoms with Crippen LogP contribution in [0.2, 0.25) is 0 Å². The lowest BCUT2D eigenvalue weighted by Crippen LogP contribution is -2.46. The maximum absolute atomic E-state index is 15.0. The van der Waals surface area contributed by atoms with Gasteiger partial charge in [0.05, 0.1) is 29.5 Å². The van der Waals surface area contributed by atoms with Gasteiger partial charge >= 0.3 is 0 Å². The lowest BCUT2D eigenvalue weighted by Gasteiger charge is -2.32. The number of nitrogens with zero attached hydrogens (tertiary/aromatic N) is 6. The number of imidazole rings is 1. The zero-order valence-corrected chi connectivity index (χ0v) is 23.8. The third kappa shape index (κ3) is 6.06. The summed E-state index contributed by atoms with van der Waals surface area (Å²) >= 11 is 0. The van der Waals surface area contributed by atoms with Crippen molar-refractivity contribution in [3.8, 4) is 11.3 Å². The van der Waals surface area contributed by atoms with Crippen molar-refractivity contribution in [2.45, 2.75) is 59.0 Å². The van der Waals surface area contributed by atoms with E-state index in [4.69, 9.17) is 0 Å². The van der Waals surface area contributed by atoms with E-state index in [-0.39, 0.29) is 47.3 Å². The molecule has 0 saturated carbocycles. The molecule has 4 heterocycles. The monoisotopic (exact) mass is 584 g/mol. The number of alkyl halides is 2. The summed E-state index contributed by atoms with van der Waals surface area (Å²) in [5.41, 5.74) is 1.78. The molecule has 2 N–H and O–H groups in total. The minimum atomic E-state index is -2.41. The third-order valence-corrected chi connectivity index (χ3v) is 7.36. The predicted molar refractivity (Wildman–Crippen MR) is 151 cm³/mol. The molecule has 1 saturated heterocycles. The Balaban J connectivity index is 1.33. The molecular formula is C29H32F4N8O. The molecular weight excluding hydrogens is 552 g/mol. The van der Waals surface area contributed by atoms with Crippen molar-refractivity contribution in [3.63, 3.8) is 0 Å². The van der Waals surface area contributed by atoms with Crippen LogP contribution in [-0.4, -0.2) is 67.4 Å². The maximum Gasteiger partial charge on any atom is 0.255 e. The van der Waals surface area contributed by atoms with E-state index in [2.05, 4.69) is 30.6 Å². The van der Waals surface area contributed by atoms with Gasteiger partial charge in [-0.15, -0.1) is 0 Å². The van der Waals surface area contributed by atoms with Crippen LogP contribution < -0.4 is 10.6 Å². The highest BCUT2D eigenvalue weighted by atomic mass is 19.3. The van der Waals surface area contributed by atoms with Gasteiger partial charge in [-0.2, -0.15) is 0 Å². The summed E-state index contributed by atoms with van der Waals surface area (Å²) in [6.07, 6.45) is -0.229. The van der Waals surface area contributed by atoms with E-state index < -0.39 is 18.1 Å². The lowest BCUT2D eigenvalue weighted by atomic mass is 10.0. The first-order valence-electron chi connectivity index (χ1n) is 13.8. The standard InChI is InChI=1S/C29H32F4N8O/c1-15(2)41-17(4)37-27-21(30)11-18(12-23(27)41)26-22(31)13-35-29(39-26)38-25-6-5-20(16(3)36-25)28(42)40-9-7-19(8-10-40)34-14-24(32)33/h5-6,11-13,15,19,24,34H,7-10,14H2,1-4H3,(H,35,36,38,39). The molecule has 0 spiro atoms. The molecule has 0 radical (unpaired) electrons. The van der Waals surface area contributed by atoms with Crippen molar-refractivity contribution in [2.75, 3.05) is 25.0 Å². The lowest BCUT2D eigenvalue weighted by molar-refractivity contribution is 0.0691. The van der Waals surface area contributed by atoms with Crippen molar-refractivity contribution in [3.05, 3.63) is 59.2 Å². The van der Waals surface area contributed by atoms with Crippen LogP contribution >= 0.6 is 0 Å². The third-order valence-electron chi connectivity index (χ3n) is 7.36. The molecule has 1 aromatic carbocycles. The first-order chi connectivity index (χ1) is 20.0. The number of nitrogens with one attached hydrogen (secondary N) is 2. The number of halogens is 4. The molecule has 222 valence electrons. The predicted octanol–water partition coefficient (Wildman–Crippen LogP) is 5.57. The number of anilines is 2. The Bertz CT molecular complexity index is 1620. The number of carbonyl (C=O) groups excluding carboxylic acids is 1. The summed E-state index contributed by atoms with van der Waals surface area (Å²) in [6, 6.07) is 6.07. The van der Waals surface area contributed by atoms with Crippen molar-refractivity contribution < 1.29 is 22.4 Å². The Labute approximate surface area is 240 Å². The van der Waals surface area contributed by atoms with E-state index in [9.17, 15) is 18.0 Å². The van der Waals surface area contributed by atoms with Gasteiger partial charge in [-0.25, -0.2) is 37.5 Å². The van der Waals surface area contributed by atoms with Crippen LogP contribution in [0.25, 0.3) is 22.3 Å². The van der Waals surface area contributed by atoms with Crippen molar-refractivity contribution in [2.24, 2.45) is 0 Å². The fraction of sp³-hybridized carbons (Fsp3) is 0.414. The number of amides is 1. The van der Waals surface area contributed by atoms with Gasteiger partial charge in [-0.3, -0.25) is 4.79 Å². The molecule has 0 bridgehead atoms. The Morgan fingerprint density at radius 3 is 2.45 bits per heavy atom. The van der Waals surface area contributed by atoms with Crippen LogP contribution in [0.5, 0.6) is 0 Å². The van der Waals surface area contributed by atoms with Crippen molar-refractivity contribution >= 4 is 28.7 Å². The highest BCUT2D eigenvalue weighted by Gasteiger charge is 2.25. The van der Waals surface area contributed by atoms with E-state index >= 15 is 4.39 Å². The number of hydrogen-bond donors (Lipinski definition) is 2. The molecule has 1 amide bonds. The van der Waals surface area contributed by atoms with Crippen LogP contribution in [0, 0.1) is 25.5 Å². The fourth-order valence-electron chi connectivity index (χ4n) is 5.37. The second-order valence-corrected chi connectivity index (χ2v) is 10.7. The molecule has 0 atom stereocenters. The second kappa shape index (κ2) is 12.0. The highest BCUT2D eigenvalue weighted by Crippen LogP contribution is 2.30. The topological polar surface area (TPSA) is 101 Å². The number of fused-ring (bicyclic) bond motifs is 1. The number of rotatable bonds is 8. The van der Waals surface area contributed by atoms with Crippen LogP contribution in [0.4, 0.5) is 29.3 Å². The van der Waals surface area contributed by atoms with Crippen LogP contribution in [0.1, 0.15) is 54.6 Å². The number of piperidine rings is 1. The van der Waals surface area contributed by atoms with Crippen LogP contribution in [-0.2, 0) is 0 Å². The molecule has 1 aliphatic rings. The summed E-state index contributed by atoms with van der Waals surface area (Å²) < 4.78 is 56.7. The zero-order valence-electron chi connectivity index (χ0n) is 23.8. The van der Waals surface area contributed by atoms with E-state index in [0.717, 1.165) is 6.20 Å². The number of aromatic nitrogens is 5. The Kier molecular flexibility index (Phi) is 8.39. The minimum absolute atomic E-state index is 0.0167. The summed E-state index contributed by atoms with van der Waals surface area (Å²) in [4.78, 5) is 31.9. The van der Waals surface area contributed by atoms with Crippen LogP contribution in [0.3, 0.4) is 0 Å². The quantitative estimate of drug-likeness (QED) is 0.261. The number of likely N-dealkylation sites (tertiary alicyclic amines) is 1. The summed E-state index contributed by atoms with van der Waals surface area (Å²) in [6.45, 7) is 7.96. The Morgan fingerprint density at radius 1 is 1.05 bits per heavy atom. The first-order valence-corrected chi connectivity index (χ1v) is 13.8. The number of benzene rings is 1. The molecule has 42 heavy (non-hydrogen) atoms. The zero-order chi connectivity index (χ0) is 30.1. The smallest absolute Gasteiger partial charge is 0.255 e. The molecule has 1 fully saturated rings. The minimum Gasteiger partial charge on any atom is -0.338 e. The SMILES string of the molecule is Cc1nc(Nc2ncc(F)c(-c3cc(F)c4nc(C)n(C(C)C)c4c3)n2)ccc1C(=O)N1CCC(NCC(F)F)CC1. The fourth-order valence-corrected chi connectivity index (χ4v) is 5.37. The maximum atomic E-state index is 15.0. The number of pyridine rings is 1. The number of aryl methyl sites for hydroxylation is 2. The highest BCUT2D eigenvalue weighted by molar-refractivity contribution is 5.95. The van der Waals surface area contributed by atoms with Gasteiger partial charge in [0.15, 0.2) is 11.6 Å². The number of carbonyl (C=O) groups is 1. The van der Waals surface area contributed by atoms with Gasteiger partial charge in [-0.05, 0) is 64.8 Å². The van der Waals surface area contributed by atoms with Gasteiger partial charge in [-0.1, -0.05) is 0 Å². The van der Waals surface area contributed by atoms with Gasteiger partial charge in [0.1, 0.15) is 22.9 Å². The molecule has 1 aliphatic heterocycles. The Hall–Kier alpha value is -4.13. The molecule has 5 rings (SSSR count). The first kappa shape index (κ1) is 29.4. The summed E-state index contributed by atoms with van der Waals surface area (Å²) in [5, 5.41) is 5.77. The van der Waals surface area contributed by atoms with Gasteiger partial charge in [0.25, 0.3) is 12.3 Å². The molecule has 9 nitrogen and oxygen atoms in total. The second-order valence-electron chi connectivity index (χ2n) is 10.7. The van der Waals surface area contributed by atoms with Gasteiger partial charge < -0.3 is 20.1 Å². The van der Waals surface area contributed by atoms with E-state index in [1.807, 2.05) is 18.4 Å². The largest absolute Gasteiger partial charge is 0.338 e. The summed E-state index contributed by atoms with van der Waals surface area (Å²) in [7, 11) is 0. The molecule has 0 aliphatic carbocycles. The number of hydrogen-bond acceptors (Lipinski definition) is 7. The molecule has 3 aromatic heterocycles. The molecule has 4 aromatic rings. The molecule has 13 heteroatoms. The van der Waals surface area contributed by atoms with Crippen LogP contribution in [0.15, 0.2) is 30.5 Å². The van der Waals surface area contributed by atoms with Gasteiger partial charge in [0, 0.05) is 30.7 Å².